The number of ether oxygens (including phenoxy) is 1. The first-order valence-electron chi connectivity index (χ1n) is 10.7. The molecule has 0 saturated heterocycles. The van der Waals surface area contributed by atoms with Crippen molar-refractivity contribution in [1.29, 1.82) is 0 Å². The number of carbonyl (C=O) groups excluding carboxylic acids is 2. The Labute approximate surface area is 208 Å². The number of hydrogen-bond acceptors (Lipinski definition) is 4. The molecule has 34 heavy (non-hydrogen) atoms. The maximum Gasteiger partial charge on any atom is 0.262 e. The van der Waals surface area contributed by atoms with E-state index in [9.17, 15) is 9.59 Å². The molecule has 0 aliphatic rings. The Morgan fingerprint density at radius 2 is 1.71 bits per heavy atom. The minimum absolute atomic E-state index is 0.148. The highest BCUT2D eigenvalue weighted by molar-refractivity contribution is 6.31. The fourth-order valence-corrected chi connectivity index (χ4v) is 3.52. The van der Waals surface area contributed by atoms with Crippen molar-refractivity contribution in [2.45, 2.75) is 26.5 Å². The normalized spacial score (nSPS) is 11.9. The predicted molar refractivity (Wildman–Crippen MR) is 136 cm³/mol. The summed E-state index contributed by atoms with van der Waals surface area (Å²) in [7, 11) is 0. The van der Waals surface area contributed by atoms with Gasteiger partial charge < -0.3 is 10.1 Å². The molecule has 0 saturated carbocycles. The van der Waals surface area contributed by atoms with Crippen molar-refractivity contribution in [3.05, 3.63) is 99.5 Å². The van der Waals surface area contributed by atoms with Gasteiger partial charge in [-0.2, -0.15) is 5.10 Å². The van der Waals surface area contributed by atoms with E-state index >= 15 is 0 Å². The molecule has 1 unspecified atom stereocenters. The van der Waals surface area contributed by atoms with Crippen LogP contribution in [0.15, 0.2) is 77.9 Å². The van der Waals surface area contributed by atoms with Crippen LogP contribution in [-0.4, -0.2) is 24.1 Å². The van der Waals surface area contributed by atoms with E-state index in [2.05, 4.69) is 15.8 Å². The lowest BCUT2D eigenvalue weighted by Crippen LogP contribution is -2.48. The quantitative estimate of drug-likeness (QED) is 0.303. The number of hydrogen-bond donors (Lipinski definition) is 2. The number of amides is 2. The van der Waals surface area contributed by atoms with E-state index in [-0.39, 0.29) is 11.8 Å². The molecule has 0 aliphatic heterocycles. The number of hydrazone groups is 1. The van der Waals surface area contributed by atoms with Crippen molar-refractivity contribution < 1.29 is 14.3 Å². The number of halogens is 2. The maximum absolute atomic E-state index is 12.7. The molecule has 6 nitrogen and oxygen atoms in total. The molecule has 2 amide bonds. The molecular weight excluding hydrogens is 473 g/mol. The summed E-state index contributed by atoms with van der Waals surface area (Å²) in [6.45, 7) is 3.99. The number of nitrogens with zero attached hydrogens (tertiary/aromatic N) is 1. The predicted octanol–water partition coefficient (Wildman–Crippen LogP) is 5.48. The first-order valence-corrected chi connectivity index (χ1v) is 11.4. The molecule has 0 aromatic heterocycles. The van der Waals surface area contributed by atoms with E-state index in [0.717, 1.165) is 5.56 Å². The van der Waals surface area contributed by atoms with Crippen molar-refractivity contribution in [2.24, 2.45) is 11.0 Å². The molecule has 0 radical (unpaired) electrons. The molecule has 0 bridgehead atoms. The second-order valence-corrected chi connectivity index (χ2v) is 8.77. The minimum Gasteiger partial charge on any atom is -0.488 e. The van der Waals surface area contributed by atoms with Crippen LogP contribution in [0.5, 0.6) is 5.75 Å². The second-order valence-electron chi connectivity index (χ2n) is 7.90. The van der Waals surface area contributed by atoms with Gasteiger partial charge in [-0.15, -0.1) is 0 Å². The van der Waals surface area contributed by atoms with E-state index in [1.54, 1.807) is 48.5 Å². The average molecular weight is 498 g/mol. The molecule has 0 aliphatic carbocycles. The highest BCUT2D eigenvalue weighted by Gasteiger charge is 2.24. The highest BCUT2D eigenvalue weighted by Crippen LogP contribution is 2.23. The SMILES string of the molecule is CC(C)C(NC(=O)c1ccccc1)C(=O)NN=Cc1cc(Cl)ccc1OCc1cccc(Cl)c1. The Balaban J connectivity index is 1.66. The van der Waals surface area contributed by atoms with Crippen LogP contribution < -0.4 is 15.5 Å². The summed E-state index contributed by atoms with van der Waals surface area (Å²) in [4.78, 5) is 25.2. The molecule has 2 N–H and O–H groups in total. The summed E-state index contributed by atoms with van der Waals surface area (Å²) in [5, 5.41) is 7.95. The van der Waals surface area contributed by atoms with Gasteiger partial charge in [-0.25, -0.2) is 5.43 Å². The van der Waals surface area contributed by atoms with E-state index < -0.39 is 11.9 Å². The molecule has 3 aromatic rings. The maximum atomic E-state index is 12.7. The van der Waals surface area contributed by atoms with Crippen molar-refractivity contribution in [2.75, 3.05) is 0 Å². The van der Waals surface area contributed by atoms with Crippen molar-refractivity contribution >= 4 is 41.2 Å². The van der Waals surface area contributed by atoms with Gasteiger partial charge in [-0.05, 0) is 53.9 Å². The van der Waals surface area contributed by atoms with Crippen LogP contribution in [-0.2, 0) is 11.4 Å². The Bertz CT molecular complexity index is 1170. The van der Waals surface area contributed by atoms with E-state index in [0.29, 0.717) is 33.5 Å². The minimum atomic E-state index is -0.761. The molecule has 0 fully saturated rings. The lowest BCUT2D eigenvalue weighted by molar-refractivity contribution is -0.123. The number of carbonyl (C=O) groups is 2. The fraction of sp³-hybridized carbons (Fsp3) is 0.192. The van der Waals surface area contributed by atoms with Crippen LogP contribution >= 0.6 is 23.2 Å². The average Bonchev–Trinajstić information content (AvgIpc) is 2.82. The summed E-state index contributed by atoms with van der Waals surface area (Å²) in [6.07, 6.45) is 1.45. The van der Waals surface area contributed by atoms with Crippen LogP contribution in [0.4, 0.5) is 0 Å². The molecule has 3 aromatic carbocycles. The van der Waals surface area contributed by atoms with Crippen LogP contribution in [0.1, 0.15) is 35.3 Å². The van der Waals surface area contributed by atoms with Crippen molar-refractivity contribution in [3.63, 3.8) is 0 Å². The standard InChI is InChI=1S/C26H25Cl2N3O3/c1-17(2)24(30-25(32)19-8-4-3-5-9-19)26(33)31-29-15-20-14-22(28)11-12-23(20)34-16-18-7-6-10-21(27)13-18/h3-15,17,24H,16H2,1-2H3,(H,30,32)(H,31,33). The topological polar surface area (TPSA) is 79.8 Å². The van der Waals surface area contributed by atoms with Gasteiger partial charge in [-0.3, -0.25) is 9.59 Å². The molecule has 1 atom stereocenters. The Kier molecular flexibility index (Phi) is 9.08. The third-order valence-electron chi connectivity index (χ3n) is 4.91. The molecular formula is C26H25Cl2N3O3. The van der Waals surface area contributed by atoms with Crippen LogP contribution in [0.25, 0.3) is 0 Å². The first kappa shape index (κ1) is 25.3. The van der Waals surface area contributed by atoms with E-state index in [1.807, 2.05) is 38.1 Å². The smallest absolute Gasteiger partial charge is 0.262 e. The number of nitrogens with one attached hydrogen (secondary N) is 2. The van der Waals surface area contributed by atoms with Gasteiger partial charge in [0.2, 0.25) is 0 Å². The summed E-state index contributed by atoms with van der Waals surface area (Å²) in [5.41, 5.74) is 4.47. The first-order chi connectivity index (χ1) is 16.3. The van der Waals surface area contributed by atoms with Crippen LogP contribution in [0.3, 0.4) is 0 Å². The Morgan fingerprint density at radius 1 is 0.971 bits per heavy atom. The van der Waals surface area contributed by atoms with E-state index in [1.165, 1.54) is 6.21 Å². The Hall–Kier alpha value is -3.35. The van der Waals surface area contributed by atoms with Gasteiger partial charge in [0.25, 0.3) is 11.8 Å². The summed E-state index contributed by atoms with van der Waals surface area (Å²) < 4.78 is 5.90. The van der Waals surface area contributed by atoms with Crippen LogP contribution in [0.2, 0.25) is 10.0 Å². The highest BCUT2D eigenvalue weighted by atomic mass is 35.5. The van der Waals surface area contributed by atoms with Gasteiger partial charge in [0.15, 0.2) is 0 Å². The Morgan fingerprint density at radius 3 is 2.41 bits per heavy atom. The lowest BCUT2D eigenvalue weighted by atomic mass is 10.0. The summed E-state index contributed by atoms with van der Waals surface area (Å²) in [6, 6.07) is 20.5. The van der Waals surface area contributed by atoms with Crippen molar-refractivity contribution in [1.82, 2.24) is 10.7 Å². The molecule has 8 heteroatoms. The number of benzene rings is 3. The largest absolute Gasteiger partial charge is 0.488 e. The third-order valence-corrected chi connectivity index (χ3v) is 5.38. The number of rotatable bonds is 9. The van der Waals surface area contributed by atoms with Crippen molar-refractivity contribution in [3.8, 4) is 5.75 Å². The van der Waals surface area contributed by atoms with Gasteiger partial charge in [0.05, 0.1) is 6.21 Å². The van der Waals surface area contributed by atoms with Gasteiger partial charge in [0, 0.05) is 21.2 Å². The zero-order valence-electron chi connectivity index (χ0n) is 18.8. The van der Waals surface area contributed by atoms with Gasteiger partial charge in [0.1, 0.15) is 18.4 Å². The third kappa shape index (κ3) is 7.33. The zero-order chi connectivity index (χ0) is 24.5. The summed E-state index contributed by atoms with van der Waals surface area (Å²) >= 11 is 12.2. The van der Waals surface area contributed by atoms with Gasteiger partial charge >= 0.3 is 0 Å². The summed E-state index contributed by atoms with van der Waals surface area (Å²) in [5.74, 6) is -0.366. The molecule has 176 valence electrons. The zero-order valence-corrected chi connectivity index (χ0v) is 20.3. The molecule has 0 heterocycles. The molecule has 0 spiro atoms. The lowest BCUT2D eigenvalue weighted by Gasteiger charge is -2.20. The van der Waals surface area contributed by atoms with E-state index in [4.69, 9.17) is 27.9 Å². The van der Waals surface area contributed by atoms with Crippen LogP contribution in [0, 0.1) is 5.92 Å². The molecule has 3 rings (SSSR count). The second kappa shape index (κ2) is 12.2. The fourth-order valence-electron chi connectivity index (χ4n) is 3.12. The van der Waals surface area contributed by atoms with Gasteiger partial charge in [-0.1, -0.05) is 67.4 Å². The monoisotopic (exact) mass is 497 g/mol.